The predicted molar refractivity (Wildman–Crippen MR) is 169 cm³/mol. The molecule has 0 saturated carbocycles. The molecule has 49 heavy (non-hydrogen) atoms. The van der Waals surface area contributed by atoms with Crippen LogP contribution in [-0.4, -0.2) is 109 Å². The fraction of sp³-hybridized carbons (Fsp3) is 0.562. The number of hydrogen-bond acceptors (Lipinski definition) is 9. The third kappa shape index (κ3) is 10.9. The van der Waals surface area contributed by atoms with Crippen molar-refractivity contribution in [3.63, 3.8) is 0 Å². The molecular formula is C32H42F3N5O9. The largest absolute Gasteiger partial charge is 0.496 e. The Balaban J connectivity index is 0.000000838. The molecule has 2 aliphatic heterocycles. The first kappa shape index (κ1) is 38.8. The minimum absolute atomic E-state index is 0.0444. The van der Waals surface area contributed by atoms with Crippen molar-refractivity contribution in [2.75, 3.05) is 33.9 Å². The Morgan fingerprint density at radius 3 is 2.35 bits per heavy atom. The summed E-state index contributed by atoms with van der Waals surface area (Å²) in [6.07, 6.45) is -2.64. The van der Waals surface area contributed by atoms with E-state index in [1.165, 1.54) is 0 Å². The second-order valence-corrected chi connectivity index (χ2v) is 12.3. The number of ether oxygens (including phenoxy) is 2. The van der Waals surface area contributed by atoms with Crippen LogP contribution in [0.3, 0.4) is 0 Å². The highest BCUT2D eigenvalue weighted by Gasteiger charge is 2.38. The number of aromatic nitrogens is 1. The topological polar surface area (TPSA) is 196 Å². The van der Waals surface area contributed by atoms with E-state index in [4.69, 9.17) is 19.4 Å². The average molecular weight is 698 g/mol. The summed E-state index contributed by atoms with van der Waals surface area (Å²) in [4.78, 5) is 78.8. The standard InChI is InChI=1S/C30H41N5O7.C2HF3O2/c1-17(2)13-22(34-29(39)23-15-19-20(32-23)7-5-9-26(19)41-4)28(38)33-21(14-18-10-11-31-27(18)37)25(36)16-42-30(40)24-8-6-12-35(24)3;3-2(4,5)1(6)7/h5,7,9,15,17-18,21-22,24,32H,6,8,10-14,16H2,1-4H3,(H,31,37)(H,33,38)(H,34,39);(H,6,7)/t18-,21-,22-,24+;/m0./s1. The van der Waals surface area contributed by atoms with Gasteiger partial charge in [-0.05, 0) is 69.8 Å². The van der Waals surface area contributed by atoms with Gasteiger partial charge in [-0.15, -0.1) is 0 Å². The number of aliphatic carboxylic acids is 1. The van der Waals surface area contributed by atoms with Crippen molar-refractivity contribution in [3.8, 4) is 5.75 Å². The van der Waals surface area contributed by atoms with Crippen molar-refractivity contribution in [1.29, 1.82) is 0 Å². The summed E-state index contributed by atoms with van der Waals surface area (Å²) in [5.41, 5.74) is 0.971. The summed E-state index contributed by atoms with van der Waals surface area (Å²) in [5.74, 6) is -4.77. The number of carboxylic acid groups (broad SMARTS) is 1. The number of nitrogens with one attached hydrogen (secondary N) is 4. The molecule has 2 saturated heterocycles. The van der Waals surface area contributed by atoms with E-state index in [1.807, 2.05) is 31.9 Å². The van der Waals surface area contributed by atoms with Crippen molar-refractivity contribution < 1.29 is 56.5 Å². The van der Waals surface area contributed by atoms with E-state index in [9.17, 15) is 37.1 Å². The molecule has 4 atom stereocenters. The second kappa shape index (κ2) is 17.1. The van der Waals surface area contributed by atoms with Gasteiger partial charge in [0.2, 0.25) is 11.8 Å². The Morgan fingerprint density at radius 2 is 1.80 bits per heavy atom. The molecular weight excluding hydrogens is 655 g/mol. The molecule has 2 aliphatic rings. The number of carbonyl (C=O) groups excluding carboxylic acids is 5. The maximum absolute atomic E-state index is 13.6. The quantitative estimate of drug-likeness (QED) is 0.194. The number of hydrogen-bond donors (Lipinski definition) is 5. The summed E-state index contributed by atoms with van der Waals surface area (Å²) in [6.45, 7) is 4.60. The molecule has 0 aliphatic carbocycles. The number of benzene rings is 1. The van der Waals surface area contributed by atoms with Gasteiger partial charge in [-0.1, -0.05) is 19.9 Å². The molecule has 3 heterocycles. The van der Waals surface area contributed by atoms with Crippen LogP contribution in [0.25, 0.3) is 10.9 Å². The second-order valence-electron chi connectivity index (χ2n) is 12.3. The number of fused-ring (bicyclic) bond motifs is 1. The van der Waals surface area contributed by atoms with Gasteiger partial charge < -0.3 is 35.5 Å². The normalized spacial score (nSPS) is 19.0. The van der Waals surface area contributed by atoms with Crippen LogP contribution >= 0.6 is 0 Å². The number of H-pyrrole nitrogens is 1. The van der Waals surface area contributed by atoms with Crippen molar-refractivity contribution in [2.24, 2.45) is 11.8 Å². The number of carbonyl (C=O) groups is 6. The number of nitrogens with zero attached hydrogens (tertiary/aromatic N) is 1. The lowest BCUT2D eigenvalue weighted by Crippen LogP contribution is -2.53. The number of methoxy groups -OCH3 is 1. The Kier molecular flexibility index (Phi) is 13.6. The summed E-state index contributed by atoms with van der Waals surface area (Å²) in [6, 6.07) is 4.66. The van der Waals surface area contributed by atoms with Gasteiger partial charge in [0.1, 0.15) is 23.5 Å². The van der Waals surface area contributed by atoms with Gasteiger partial charge in [-0.3, -0.25) is 28.9 Å². The van der Waals surface area contributed by atoms with E-state index in [1.54, 1.807) is 25.3 Å². The predicted octanol–water partition coefficient (Wildman–Crippen LogP) is 2.17. The van der Waals surface area contributed by atoms with Crippen LogP contribution in [0, 0.1) is 11.8 Å². The van der Waals surface area contributed by atoms with Crippen molar-refractivity contribution in [3.05, 3.63) is 30.0 Å². The SMILES string of the molecule is COc1cccc2[nH]c(C(=O)N[C@@H](CC(C)C)C(=O)N[C@@H](C[C@@H]3CCNC3=O)C(=O)COC(=O)[C@H]3CCCN3C)cc12.O=C(O)C(F)(F)F. The summed E-state index contributed by atoms with van der Waals surface area (Å²) in [7, 11) is 3.38. The first-order chi connectivity index (χ1) is 23.0. The minimum Gasteiger partial charge on any atom is -0.496 e. The number of aromatic amines is 1. The molecule has 2 aromatic rings. The van der Waals surface area contributed by atoms with E-state index in [0.29, 0.717) is 37.1 Å². The zero-order chi connectivity index (χ0) is 36.5. The zero-order valence-corrected chi connectivity index (χ0v) is 27.6. The minimum atomic E-state index is -5.08. The Labute approximate surface area is 280 Å². The molecule has 14 nitrogen and oxygen atoms in total. The number of likely N-dealkylation sites (tertiary alicyclic amines) is 1. The van der Waals surface area contributed by atoms with E-state index in [0.717, 1.165) is 18.4 Å². The van der Waals surface area contributed by atoms with Crippen LogP contribution in [0.5, 0.6) is 5.75 Å². The molecule has 17 heteroatoms. The van der Waals surface area contributed by atoms with Gasteiger partial charge >= 0.3 is 18.1 Å². The lowest BCUT2D eigenvalue weighted by molar-refractivity contribution is -0.192. The van der Waals surface area contributed by atoms with E-state index in [2.05, 4.69) is 20.9 Å². The van der Waals surface area contributed by atoms with Crippen LogP contribution < -0.4 is 20.7 Å². The van der Waals surface area contributed by atoms with E-state index in [-0.39, 0.29) is 23.9 Å². The summed E-state index contributed by atoms with van der Waals surface area (Å²) < 4.78 is 42.5. The van der Waals surface area contributed by atoms with E-state index >= 15 is 0 Å². The lowest BCUT2D eigenvalue weighted by Gasteiger charge is -2.25. The molecule has 0 bridgehead atoms. The number of Topliss-reactive ketones (excluding diaryl/α,β-unsaturated/α-hetero) is 1. The summed E-state index contributed by atoms with van der Waals surface area (Å²) >= 11 is 0. The number of likely N-dealkylation sites (N-methyl/N-ethyl adjacent to an activating group) is 1. The third-order valence-corrected chi connectivity index (χ3v) is 8.20. The monoisotopic (exact) mass is 697 g/mol. The first-order valence-corrected chi connectivity index (χ1v) is 15.8. The van der Waals surface area contributed by atoms with Crippen LogP contribution in [0.1, 0.15) is 56.4 Å². The zero-order valence-electron chi connectivity index (χ0n) is 27.6. The number of esters is 1. The van der Waals surface area contributed by atoms with Gasteiger partial charge in [0.05, 0.1) is 13.2 Å². The number of amides is 3. The van der Waals surface area contributed by atoms with Crippen molar-refractivity contribution in [2.45, 2.75) is 70.3 Å². The van der Waals surface area contributed by atoms with Crippen molar-refractivity contribution in [1.82, 2.24) is 25.8 Å². The smallest absolute Gasteiger partial charge is 0.490 e. The third-order valence-electron chi connectivity index (χ3n) is 8.20. The molecule has 0 radical (unpaired) electrons. The molecule has 3 amide bonds. The maximum atomic E-state index is 13.6. The van der Waals surface area contributed by atoms with Crippen LogP contribution in [0.15, 0.2) is 24.3 Å². The molecule has 0 spiro atoms. The maximum Gasteiger partial charge on any atom is 0.490 e. The fourth-order valence-electron chi connectivity index (χ4n) is 5.61. The highest BCUT2D eigenvalue weighted by molar-refractivity contribution is 6.02. The van der Waals surface area contributed by atoms with Gasteiger partial charge in [0, 0.05) is 23.4 Å². The molecule has 5 N–H and O–H groups in total. The highest BCUT2D eigenvalue weighted by atomic mass is 19.4. The number of rotatable bonds is 13. The number of carboxylic acids is 1. The van der Waals surface area contributed by atoms with Crippen LogP contribution in [-0.2, 0) is 28.7 Å². The Morgan fingerprint density at radius 1 is 1.10 bits per heavy atom. The summed E-state index contributed by atoms with van der Waals surface area (Å²) in [5, 5.41) is 16.2. The fourth-order valence-corrected chi connectivity index (χ4v) is 5.61. The van der Waals surface area contributed by atoms with E-state index < -0.39 is 66.4 Å². The lowest BCUT2D eigenvalue weighted by atomic mass is 9.95. The molecule has 1 aromatic heterocycles. The Bertz CT molecular complexity index is 1530. The average Bonchev–Trinajstić information content (AvgIpc) is 3.78. The Hall–Kier alpha value is -4.67. The molecule has 0 unspecified atom stereocenters. The van der Waals surface area contributed by atoms with Gasteiger partial charge in [-0.2, -0.15) is 13.2 Å². The van der Waals surface area contributed by atoms with Crippen LogP contribution in [0.2, 0.25) is 0 Å². The van der Waals surface area contributed by atoms with Gasteiger partial charge in [0.15, 0.2) is 12.4 Å². The molecule has 2 fully saturated rings. The molecule has 270 valence electrons. The first-order valence-electron chi connectivity index (χ1n) is 15.8. The van der Waals surface area contributed by atoms with Crippen molar-refractivity contribution >= 4 is 46.3 Å². The molecule has 1 aromatic carbocycles. The molecule has 4 rings (SSSR count). The van der Waals surface area contributed by atoms with Gasteiger partial charge in [-0.25, -0.2) is 4.79 Å². The number of ketones is 1. The number of alkyl halides is 3. The number of halogens is 3. The van der Waals surface area contributed by atoms with Gasteiger partial charge in [0.25, 0.3) is 5.91 Å². The van der Waals surface area contributed by atoms with Crippen LogP contribution in [0.4, 0.5) is 13.2 Å². The highest BCUT2D eigenvalue weighted by Crippen LogP contribution is 2.26.